The van der Waals surface area contributed by atoms with Crippen molar-refractivity contribution in [3.63, 3.8) is 0 Å². The molecule has 0 saturated carbocycles. The highest BCUT2D eigenvalue weighted by Crippen LogP contribution is 2.31. The minimum absolute atomic E-state index is 0.0449. The van der Waals surface area contributed by atoms with Gasteiger partial charge in [0.2, 0.25) is 6.29 Å². The summed E-state index contributed by atoms with van der Waals surface area (Å²) in [5.41, 5.74) is 1.11. The molecule has 0 aromatic heterocycles. The van der Waals surface area contributed by atoms with Crippen molar-refractivity contribution in [3.8, 4) is 23.0 Å². The number of methoxy groups -OCH3 is 1. The zero-order valence-corrected chi connectivity index (χ0v) is 21.9. The number of aliphatic hydroxyl groups excluding tert-OH is 7. The fourth-order valence-electron chi connectivity index (χ4n) is 4.45. The third kappa shape index (κ3) is 7.07. The molecule has 0 amide bonds. The minimum Gasteiger partial charge on any atom is -0.508 e. The predicted octanol–water partition coefficient (Wildman–Crippen LogP) is -1.72. The molecule has 2 aliphatic heterocycles. The highest BCUT2D eigenvalue weighted by Gasteiger charge is 2.47. The number of hydrogen-bond acceptors (Lipinski definition) is 14. The molecule has 4 rings (SSSR count). The average molecular weight is 583 g/mol. The number of rotatable bonds is 9. The van der Waals surface area contributed by atoms with E-state index in [1.165, 1.54) is 31.4 Å². The van der Waals surface area contributed by atoms with E-state index in [9.17, 15) is 46.0 Å². The Morgan fingerprint density at radius 3 is 2.02 bits per heavy atom. The Labute approximate surface area is 234 Å². The standard InChI is InChI=1S/C27H34O14/c1-37-17-5-4-12(8-16(17)30)2-3-13-6-14(29)9-15(7-13)39-27-25(36)23(34)21(32)19(41-27)11-38-26-24(35)22(33)20(31)18(10-28)40-26/h2-9,18-36H,10-11H2,1H3/b3-2+/t18-,19-,20-,21-,22+,23+,24-,25-,26+,27-/m1/s1. The number of aliphatic hydroxyl groups is 7. The number of benzene rings is 2. The van der Waals surface area contributed by atoms with Crippen molar-refractivity contribution in [2.45, 2.75) is 61.4 Å². The van der Waals surface area contributed by atoms with Gasteiger partial charge in [0.15, 0.2) is 17.8 Å². The van der Waals surface area contributed by atoms with Gasteiger partial charge in [-0.15, -0.1) is 0 Å². The van der Waals surface area contributed by atoms with Gasteiger partial charge in [-0.1, -0.05) is 18.2 Å². The molecule has 14 heteroatoms. The maximum atomic E-state index is 10.5. The molecule has 0 unspecified atom stereocenters. The Morgan fingerprint density at radius 2 is 1.37 bits per heavy atom. The monoisotopic (exact) mass is 582 g/mol. The second kappa shape index (κ2) is 13.3. The molecule has 2 aromatic rings. The summed E-state index contributed by atoms with van der Waals surface area (Å²) >= 11 is 0. The van der Waals surface area contributed by atoms with Crippen LogP contribution in [0.25, 0.3) is 12.2 Å². The normalized spacial score (nSPS) is 34.0. The van der Waals surface area contributed by atoms with E-state index in [0.29, 0.717) is 16.9 Å². The van der Waals surface area contributed by atoms with Crippen molar-refractivity contribution in [2.24, 2.45) is 0 Å². The van der Waals surface area contributed by atoms with Crippen LogP contribution < -0.4 is 9.47 Å². The van der Waals surface area contributed by atoms with E-state index in [2.05, 4.69) is 0 Å². The summed E-state index contributed by atoms with van der Waals surface area (Å²) in [6, 6.07) is 8.96. The first-order valence-electron chi connectivity index (χ1n) is 12.7. The van der Waals surface area contributed by atoms with Crippen molar-refractivity contribution in [1.82, 2.24) is 0 Å². The third-order valence-electron chi connectivity index (χ3n) is 6.78. The number of ether oxygens (including phenoxy) is 5. The van der Waals surface area contributed by atoms with Gasteiger partial charge in [-0.3, -0.25) is 0 Å². The highest BCUT2D eigenvalue weighted by molar-refractivity contribution is 5.72. The molecular weight excluding hydrogens is 548 g/mol. The Morgan fingerprint density at radius 1 is 0.732 bits per heavy atom. The van der Waals surface area contributed by atoms with E-state index in [1.807, 2.05) is 0 Å². The second-order valence-corrected chi connectivity index (χ2v) is 9.69. The lowest BCUT2D eigenvalue weighted by atomic mass is 9.98. The average Bonchev–Trinajstić information content (AvgIpc) is 2.95. The summed E-state index contributed by atoms with van der Waals surface area (Å²) in [6.07, 6.45) is -12.4. The van der Waals surface area contributed by atoms with Crippen LogP contribution in [0.4, 0.5) is 0 Å². The lowest BCUT2D eigenvalue weighted by Gasteiger charge is -2.42. The summed E-state index contributed by atoms with van der Waals surface area (Å²) in [6.45, 7) is -1.19. The molecule has 2 saturated heterocycles. The van der Waals surface area contributed by atoms with Crippen LogP contribution in [-0.2, 0) is 14.2 Å². The van der Waals surface area contributed by atoms with Gasteiger partial charge in [0.05, 0.1) is 20.3 Å². The number of phenols is 2. The fraction of sp³-hybridized carbons (Fsp3) is 0.481. The predicted molar refractivity (Wildman–Crippen MR) is 139 cm³/mol. The molecule has 2 heterocycles. The topological polar surface area (TPSA) is 228 Å². The maximum absolute atomic E-state index is 10.5. The summed E-state index contributed by atoms with van der Waals surface area (Å²) < 4.78 is 27.0. The van der Waals surface area contributed by atoms with Crippen LogP contribution in [-0.4, -0.2) is 128 Å². The summed E-state index contributed by atoms with van der Waals surface area (Å²) in [7, 11) is 1.43. The molecule has 2 aliphatic rings. The van der Waals surface area contributed by atoms with Crippen molar-refractivity contribution in [1.29, 1.82) is 0 Å². The van der Waals surface area contributed by atoms with Gasteiger partial charge in [0, 0.05) is 6.07 Å². The van der Waals surface area contributed by atoms with Gasteiger partial charge < -0.3 is 69.6 Å². The van der Waals surface area contributed by atoms with Crippen LogP contribution in [0.2, 0.25) is 0 Å². The van der Waals surface area contributed by atoms with Gasteiger partial charge in [-0.05, 0) is 35.4 Å². The van der Waals surface area contributed by atoms with E-state index < -0.39 is 74.6 Å². The Bertz CT molecular complexity index is 1190. The molecule has 0 bridgehead atoms. The molecule has 0 aliphatic carbocycles. The second-order valence-electron chi connectivity index (χ2n) is 9.69. The molecule has 41 heavy (non-hydrogen) atoms. The van der Waals surface area contributed by atoms with E-state index in [4.69, 9.17) is 23.7 Å². The van der Waals surface area contributed by atoms with Crippen LogP contribution in [0, 0.1) is 0 Å². The zero-order chi connectivity index (χ0) is 29.8. The van der Waals surface area contributed by atoms with Crippen LogP contribution >= 0.6 is 0 Å². The molecule has 2 fully saturated rings. The first-order valence-corrected chi connectivity index (χ1v) is 12.7. The van der Waals surface area contributed by atoms with E-state index >= 15 is 0 Å². The van der Waals surface area contributed by atoms with Crippen LogP contribution in [0.1, 0.15) is 11.1 Å². The van der Waals surface area contributed by atoms with Crippen molar-refractivity contribution >= 4 is 12.2 Å². The van der Waals surface area contributed by atoms with Gasteiger partial charge in [0.1, 0.15) is 60.3 Å². The number of phenolic OH excluding ortho intramolecular Hbond substituents is 2. The van der Waals surface area contributed by atoms with E-state index in [1.54, 1.807) is 24.3 Å². The molecule has 9 N–H and O–H groups in total. The fourth-order valence-corrected chi connectivity index (χ4v) is 4.45. The van der Waals surface area contributed by atoms with Crippen molar-refractivity contribution < 1.29 is 69.6 Å². The van der Waals surface area contributed by atoms with Gasteiger partial charge in [-0.2, -0.15) is 0 Å². The summed E-state index contributed by atoms with van der Waals surface area (Å²) in [4.78, 5) is 0. The quantitative estimate of drug-likeness (QED) is 0.150. The maximum Gasteiger partial charge on any atom is 0.229 e. The summed E-state index contributed by atoms with van der Waals surface area (Å²) in [5, 5.41) is 90.8. The van der Waals surface area contributed by atoms with Gasteiger partial charge in [-0.25, -0.2) is 0 Å². The zero-order valence-electron chi connectivity index (χ0n) is 21.9. The first kappa shape index (κ1) is 30.9. The van der Waals surface area contributed by atoms with Gasteiger partial charge >= 0.3 is 0 Å². The van der Waals surface area contributed by atoms with E-state index in [0.717, 1.165) is 0 Å². The lowest BCUT2D eigenvalue weighted by Crippen LogP contribution is -2.62. The van der Waals surface area contributed by atoms with Crippen molar-refractivity contribution in [3.05, 3.63) is 47.5 Å². The molecule has 226 valence electrons. The SMILES string of the molecule is COc1ccc(/C=C/c2cc(O)cc(O[C@@H]3O[C@H](CO[C@H]4O[C@H](CO)[C@@H](O)[C@H](O)[C@H]4O)[C@@H](O)[C@H](O)[C@H]3O)c2)cc1O. The number of hydrogen-bond donors (Lipinski definition) is 9. The molecular formula is C27H34O14. The van der Waals surface area contributed by atoms with Crippen LogP contribution in [0.5, 0.6) is 23.0 Å². The van der Waals surface area contributed by atoms with Crippen LogP contribution in [0.3, 0.4) is 0 Å². The summed E-state index contributed by atoms with van der Waals surface area (Å²) in [5.74, 6) is 0.117. The highest BCUT2D eigenvalue weighted by atomic mass is 16.7. The Hall–Kier alpha value is -3.02. The molecule has 0 spiro atoms. The molecule has 14 nitrogen and oxygen atoms in total. The number of aromatic hydroxyl groups is 2. The Kier molecular flexibility index (Phi) is 10.0. The third-order valence-corrected chi connectivity index (χ3v) is 6.78. The van der Waals surface area contributed by atoms with Gasteiger partial charge in [0.25, 0.3) is 0 Å². The largest absolute Gasteiger partial charge is 0.508 e. The Balaban J connectivity index is 1.44. The molecule has 2 aromatic carbocycles. The van der Waals surface area contributed by atoms with E-state index in [-0.39, 0.29) is 17.2 Å². The molecule has 10 atom stereocenters. The van der Waals surface area contributed by atoms with Crippen LogP contribution in [0.15, 0.2) is 36.4 Å². The smallest absolute Gasteiger partial charge is 0.229 e. The molecule has 0 radical (unpaired) electrons. The van der Waals surface area contributed by atoms with Crippen molar-refractivity contribution in [2.75, 3.05) is 20.3 Å². The lowest BCUT2D eigenvalue weighted by molar-refractivity contribution is -0.323. The first-order chi connectivity index (χ1) is 19.5. The minimum atomic E-state index is -1.74.